The lowest BCUT2D eigenvalue weighted by atomic mass is 10.0. The first-order chi connectivity index (χ1) is 28.4. The molecule has 326 valence electrons. The number of unbranched alkanes of at least 4 members (excludes halogenated alkanes) is 25. The number of hydrogen-bond donors (Lipinski definition) is 0. The van der Waals surface area contributed by atoms with E-state index in [2.05, 4.69) is 13.8 Å². The van der Waals surface area contributed by atoms with E-state index in [-0.39, 0.29) is 29.8 Å². The summed E-state index contributed by atoms with van der Waals surface area (Å²) in [6, 6.07) is 12.1. The Morgan fingerprint density at radius 3 is 1.00 bits per heavy atom. The second-order valence-corrected chi connectivity index (χ2v) is 15.9. The third-order valence-corrected chi connectivity index (χ3v) is 10.6. The van der Waals surface area contributed by atoms with Gasteiger partial charge in [-0.15, -0.1) is 0 Å². The molecule has 2 aromatic carbocycles. The van der Waals surface area contributed by atoms with Crippen LogP contribution in [0.3, 0.4) is 0 Å². The van der Waals surface area contributed by atoms with Crippen LogP contribution in [0.4, 0.5) is 0 Å². The summed E-state index contributed by atoms with van der Waals surface area (Å²) >= 11 is 0. The lowest BCUT2D eigenvalue weighted by Gasteiger charge is -2.05. The smallest absolute Gasteiger partial charge is 0.311 e. The summed E-state index contributed by atoms with van der Waals surface area (Å²) < 4.78 is 22.4. The summed E-state index contributed by atoms with van der Waals surface area (Å²) in [5, 5.41) is 0. The highest BCUT2D eigenvalue weighted by Gasteiger charge is 2.10. The number of rotatable bonds is 37. The average Bonchev–Trinajstić information content (AvgIpc) is 3.50. The Hall–Kier alpha value is -3.68. The molecule has 2 aromatic rings. The van der Waals surface area contributed by atoms with E-state index >= 15 is 0 Å². The van der Waals surface area contributed by atoms with Crippen molar-refractivity contribution < 1.29 is 28.5 Å². The van der Waals surface area contributed by atoms with E-state index in [9.17, 15) is 19.2 Å². The molecule has 0 fully saturated rings. The van der Waals surface area contributed by atoms with Gasteiger partial charge in [-0.2, -0.15) is 0 Å². The van der Waals surface area contributed by atoms with Gasteiger partial charge in [0.2, 0.25) is 10.9 Å². The second-order valence-electron chi connectivity index (χ2n) is 15.9. The molecule has 0 aliphatic carbocycles. The van der Waals surface area contributed by atoms with Crippen molar-refractivity contribution in [2.24, 2.45) is 0 Å². The van der Waals surface area contributed by atoms with Crippen molar-refractivity contribution in [2.45, 2.75) is 206 Å². The minimum Gasteiger partial charge on any atom is -0.494 e. The normalized spacial score (nSPS) is 11.0. The van der Waals surface area contributed by atoms with Gasteiger partial charge in [0.25, 0.3) is 0 Å². The Bertz CT molecular complexity index is 1470. The quantitative estimate of drug-likeness (QED) is 0.0491. The second kappa shape index (κ2) is 35.3. The molecule has 0 heterocycles. The molecule has 0 radical (unpaired) electrons. The highest BCUT2D eigenvalue weighted by molar-refractivity contribution is 5.72. The van der Waals surface area contributed by atoms with Crippen molar-refractivity contribution in [2.75, 3.05) is 13.2 Å². The van der Waals surface area contributed by atoms with Crippen molar-refractivity contribution in [1.82, 2.24) is 0 Å². The van der Waals surface area contributed by atoms with E-state index < -0.39 is 17.4 Å². The fourth-order valence-electron chi connectivity index (χ4n) is 6.94. The highest BCUT2D eigenvalue weighted by Crippen LogP contribution is 2.17. The van der Waals surface area contributed by atoms with Crippen LogP contribution in [0.15, 0.2) is 58.1 Å². The first-order valence-corrected chi connectivity index (χ1v) is 23.4. The molecule has 0 unspecified atom stereocenters. The van der Waals surface area contributed by atoms with Gasteiger partial charge in [0.15, 0.2) is 11.5 Å². The zero-order valence-corrected chi connectivity index (χ0v) is 36.5. The van der Waals surface area contributed by atoms with Crippen molar-refractivity contribution >= 4 is 11.9 Å². The predicted octanol–water partition coefficient (Wildman–Crippen LogP) is 13.4. The molecule has 0 saturated heterocycles. The van der Waals surface area contributed by atoms with E-state index in [4.69, 9.17) is 18.9 Å². The van der Waals surface area contributed by atoms with Crippen LogP contribution in [0.1, 0.15) is 206 Å². The number of carbonyl (C=O) groups is 2. The molecule has 0 bridgehead atoms. The molecule has 0 aliphatic rings. The number of ether oxygens (including phenoxy) is 4. The van der Waals surface area contributed by atoms with E-state index in [1.54, 1.807) is 24.3 Å². The molecule has 8 nitrogen and oxygen atoms in total. The maximum atomic E-state index is 12.5. The molecule has 0 atom stereocenters. The van der Waals surface area contributed by atoms with Crippen LogP contribution in [-0.4, -0.2) is 25.2 Å². The molecule has 0 spiro atoms. The Kier molecular flexibility index (Phi) is 30.7. The largest absolute Gasteiger partial charge is 0.494 e. The number of esters is 2. The topological polar surface area (TPSA) is 105 Å². The Morgan fingerprint density at radius 2 is 0.638 bits per heavy atom. The summed E-state index contributed by atoms with van der Waals surface area (Å²) in [5.74, 6) is 0.0942. The van der Waals surface area contributed by atoms with Crippen molar-refractivity contribution in [1.29, 1.82) is 0 Å². The van der Waals surface area contributed by atoms with Crippen LogP contribution in [-0.2, 0) is 9.59 Å². The monoisotopic (exact) mass is 807 g/mol. The van der Waals surface area contributed by atoms with Gasteiger partial charge < -0.3 is 18.9 Å². The van der Waals surface area contributed by atoms with Crippen LogP contribution in [0.5, 0.6) is 23.0 Å². The van der Waals surface area contributed by atoms with Gasteiger partial charge in [-0.05, 0) is 74.2 Å². The van der Waals surface area contributed by atoms with Gasteiger partial charge in [-0.3, -0.25) is 19.2 Å². The van der Waals surface area contributed by atoms with Gasteiger partial charge in [-0.25, -0.2) is 0 Å². The number of hydrogen-bond acceptors (Lipinski definition) is 8. The number of carbonyl (C=O) groups excluding carboxylic acids is 2. The fraction of sp³-hybridized carbons (Fsp3) is 0.680. The molecule has 8 heteroatoms. The van der Waals surface area contributed by atoms with E-state index in [1.807, 2.05) is 0 Å². The van der Waals surface area contributed by atoms with E-state index in [0.29, 0.717) is 37.6 Å². The van der Waals surface area contributed by atoms with Crippen molar-refractivity contribution in [3.05, 3.63) is 69.0 Å². The molecule has 0 aliphatic heterocycles. The standard InChI is InChI=1S/C50H78O8/c1-3-5-7-9-11-13-15-17-19-21-23-25-27-31-49(53)57-47-40-36-44(34-38-45(47)51)56-42-30-28-32-50(54)58-48-39-35-43(33-37-46(48)52)55-41-29-26-24-22-20-18-16-14-12-10-8-6-4-2/h33-40H,3-32,41-42H2,1-2H3. The third kappa shape index (κ3) is 27.1. The highest BCUT2D eigenvalue weighted by atomic mass is 16.5. The molecular weight excluding hydrogens is 729 g/mol. The summed E-state index contributed by atoms with van der Waals surface area (Å²) in [6.45, 7) is 5.41. The SMILES string of the molecule is CCCCCCCCCCCCCCCOc1ccc(OC(=O)CCCCOc2ccc(OC(=O)CCCCCCCCCCCCCCC)c(=O)cc2)c(=O)cc1. The minimum absolute atomic E-state index is 0.0159. The summed E-state index contributed by atoms with van der Waals surface area (Å²) in [7, 11) is 0. The van der Waals surface area contributed by atoms with Crippen molar-refractivity contribution in [3.63, 3.8) is 0 Å². The van der Waals surface area contributed by atoms with Crippen LogP contribution < -0.4 is 29.8 Å². The Labute approximate surface area is 351 Å². The van der Waals surface area contributed by atoms with E-state index in [1.165, 1.54) is 159 Å². The molecule has 0 saturated carbocycles. The van der Waals surface area contributed by atoms with Gasteiger partial charge >= 0.3 is 11.9 Å². The summed E-state index contributed by atoms with van der Waals surface area (Å²) in [4.78, 5) is 49.9. The molecule has 58 heavy (non-hydrogen) atoms. The van der Waals surface area contributed by atoms with Crippen LogP contribution in [0.2, 0.25) is 0 Å². The van der Waals surface area contributed by atoms with Gasteiger partial charge in [0.05, 0.1) is 13.2 Å². The molecule has 0 amide bonds. The maximum absolute atomic E-state index is 12.5. The zero-order valence-electron chi connectivity index (χ0n) is 36.5. The summed E-state index contributed by atoms with van der Waals surface area (Å²) in [5.41, 5.74) is -0.774. The van der Waals surface area contributed by atoms with Crippen LogP contribution in [0, 0.1) is 0 Å². The molecule has 0 aromatic heterocycles. The predicted molar refractivity (Wildman–Crippen MR) is 238 cm³/mol. The van der Waals surface area contributed by atoms with Gasteiger partial charge in [0.1, 0.15) is 11.5 Å². The van der Waals surface area contributed by atoms with Gasteiger partial charge in [-0.1, -0.05) is 168 Å². The molecular formula is C50H78O8. The van der Waals surface area contributed by atoms with Crippen LogP contribution in [0.25, 0.3) is 0 Å². The minimum atomic E-state index is -0.495. The van der Waals surface area contributed by atoms with Crippen LogP contribution >= 0.6 is 0 Å². The average molecular weight is 807 g/mol. The van der Waals surface area contributed by atoms with Crippen molar-refractivity contribution in [3.8, 4) is 23.0 Å². The fourth-order valence-corrected chi connectivity index (χ4v) is 6.94. The Balaban J connectivity index is 1.55. The lowest BCUT2D eigenvalue weighted by Crippen LogP contribution is -2.13. The summed E-state index contributed by atoms with van der Waals surface area (Å²) in [6.07, 6.45) is 34.3. The lowest BCUT2D eigenvalue weighted by molar-refractivity contribution is -0.135. The maximum Gasteiger partial charge on any atom is 0.311 e. The molecule has 0 N–H and O–H groups in total. The van der Waals surface area contributed by atoms with E-state index in [0.717, 1.165) is 32.1 Å². The third-order valence-electron chi connectivity index (χ3n) is 10.6. The zero-order chi connectivity index (χ0) is 41.7. The molecule has 2 rings (SSSR count). The van der Waals surface area contributed by atoms with Gasteiger partial charge in [0, 0.05) is 12.8 Å². The Morgan fingerprint density at radius 1 is 0.362 bits per heavy atom. The first kappa shape index (κ1) is 50.5. The first-order valence-electron chi connectivity index (χ1n) is 23.4.